The van der Waals surface area contributed by atoms with Crippen molar-refractivity contribution in [3.8, 4) is 11.5 Å². The lowest BCUT2D eigenvalue weighted by atomic mass is 10.3. The molecule has 6 heteroatoms. The van der Waals surface area contributed by atoms with Crippen molar-refractivity contribution in [2.75, 3.05) is 5.73 Å². The van der Waals surface area contributed by atoms with E-state index in [4.69, 9.17) is 10.2 Å². The molecule has 0 aliphatic heterocycles. The van der Waals surface area contributed by atoms with Gasteiger partial charge in [0.05, 0.1) is 16.2 Å². The van der Waals surface area contributed by atoms with Crippen molar-refractivity contribution in [2.45, 2.75) is 0 Å². The number of nitrogens with zero attached hydrogens (tertiary/aromatic N) is 2. The fourth-order valence-corrected chi connectivity index (χ4v) is 1.93. The van der Waals surface area contributed by atoms with Gasteiger partial charge in [-0.15, -0.1) is 0 Å². The molecule has 3 rings (SSSR count). The number of aromatic amines is 1. The Kier molecular flexibility index (Phi) is 1.97. The van der Waals surface area contributed by atoms with Crippen molar-refractivity contribution in [2.24, 2.45) is 0 Å². The molecule has 3 aromatic rings. The fourth-order valence-electron chi connectivity index (χ4n) is 1.50. The largest absolute Gasteiger partial charge is 0.435 e. The van der Waals surface area contributed by atoms with E-state index in [1.54, 1.807) is 6.20 Å². The molecular weight excluding hydrogens is 272 g/mol. The summed E-state index contributed by atoms with van der Waals surface area (Å²) in [4.78, 5) is 4.34. The highest BCUT2D eigenvalue weighted by Crippen LogP contribution is 2.30. The number of oxazole rings is 1. The maximum absolute atomic E-state index is 5.70. The molecule has 0 saturated carbocycles. The number of hydrogen-bond donors (Lipinski definition) is 2. The van der Waals surface area contributed by atoms with Crippen LogP contribution in [0.3, 0.4) is 0 Å². The molecule has 0 atom stereocenters. The number of fused-ring (bicyclic) bond motifs is 1. The van der Waals surface area contributed by atoms with E-state index in [1.807, 2.05) is 18.2 Å². The van der Waals surface area contributed by atoms with Crippen LogP contribution in [0.4, 0.5) is 5.82 Å². The van der Waals surface area contributed by atoms with Gasteiger partial charge in [-0.05, 0) is 28.1 Å². The maximum atomic E-state index is 5.70. The van der Waals surface area contributed by atoms with Gasteiger partial charge in [-0.2, -0.15) is 5.10 Å². The highest BCUT2D eigenvalue weighted by molar-refractivity contribution is 9.10. The fraction of sp³-hybridized carbons (Fsp3) is 0. The molecule has 0 amide bonds. The Bertz CT molecular complexity index is 658. The number of para-hydroxylation sites is 1. The minimum atomic E-state index is 0.447. The molecule has 80 valence electrons. The van der Waals surface area contributed by atoms with E-state index in [1.165, 1.54) is 0 Å². The van der Waals surface area contributed by atoms with E-state index in [0.717, 1.165) is 9.99 Å². The molecule has 2 heterocycles. The lowest BCUT2D eigenvalue weighted by molar-refractivity contribution is 0.618. The molecule has 0 bridgehead atoms. The third-order valence-corrected chi connectivity index (χ3v) is 2.89. The summed E-state index contributed by atoms with van der Waals surface area (Å²) in [5.41, 5.74) is 7.86. The van der Waals surface area contributed by atoms with Crippen LogP contribution in [-0.4, -0.2) is 15.2 Å². The number of nitrogens with one attached hydrogen (secondary N) is 1. The van der Waals surface area contributed by atoms with Gasteiger partial charge < -0.3 is 10.2 Å². The second-order valence-electron chi connectivity index (χ2n) is 3.30. The Morgan fingerprint density at radius 1 is 1.38 bits per heavy atom. The molecule has 3 N–H and O–H groups in total. The van der Waals surface area contributed by atoms with Crippen molar-refractivity contribution in [1.29, 1.82) is 0 Å². The van der Waals surface area contributed by atoms with Crippen LogP contribution in [0, 0.1) is 0 Å². The van der Waals surface area contributed by atoms with Crippen LogP contribution in [0.1, 0.15) is 0 Å². The quantitative estimate of drug-likeness (QED) is 0.717. The Morgan fingerprint density at radius 3 is 2.94 bits per heavy atom. The first-order chi connectivity index (χ1) is 7.75. The third-order valence-electron chi connectivity index (χ3n) is 2.27. The second kappa shape index (κ2) is 3.34. The zero-order valence-corrected chi connectivity index (χ0v) is 9.65. The van der Waals surface area contributed by atoms with E-state index in [2.05, 4.69) is 31.1 Å². The van der Waals surface area contributed by atoms with Gasteiger partial charge in [0.25, 0.3) is 0 Å². The lowest BCUT2D eigenvalue weighted by Gasteiger charge is -1.90. The summed E-state index contributed by atoms with van der Waals surface area (Å²) in [5.74, 6) is 0.913. The van der Waals surface area contributed by atoms with Gasteiger partial charge in [-0.1, -0.05) is 6.07 Å². The Hall–Kier alpha value is -1.82. The van der Waals surface area contributed by atoms with Gasteiger partial charge in [0, 0.05) is 0 Å². The standard InChI is InChI=1S/C10H7BrN4O/c11-6-2-1-3-7-8(6)16-10(14-7)5-4-13-15-9(5)12/h1-4H,(H3,12,13,15). The molecule has 0 fully saturated rings. The van der Waals surface area contributed by atoms with Gasteiger partial charge in [-0.3, -0.25) is 5.10 Å². The number of anilines is 1. The summed E-state index contributed by atoms with van der Waals surface area (Å²) in [6, 6.07) is 5.68. The van der Waals surface area contributed by atoms with Crippen molar-refractivity contribution in [3.63, 3.8) is 0 Å². The van der Waals surface area contributed by atoms with E-state index in [-0.39, 0.29) is 0 Å². The van der Waals surface area contributed by atoms with Crippen LogP contribution in [-0.2, 0) is 0 Å². The van der Waals surface area contributed by atoms with Crippen molar-refractivity contribution in [3.05, 3.63) is 28.9 Å². The average Bonchev–Trinajstić information content (AvgIpc) is 2.84. The molecule has 2 aromatic heterocycles. The monoisotopic (exact) mass is 278 g/mol. The predicted octanol–water partition coefficient (Wildman–Crippen LogP) is 2.56. The van der Waals surface area contributed by atoms with Crippen LogP contribution >= 0.6 is 15.9 Å². The number of H-pyrrole nitrogens is 1. The van der Waals surface area contributed by atoms with E-state index in [0.29, 0.717) is 22.9 Å². The first-order valence-corrected chi connectivity index (χ1v) is 5.39. The van der Waals surface area contributed by atoms with Crippen LogP contribution in [0.2, 0.25) is 0 Å². The van der Waals surface area contributed by atoms with Crippen molar-refractivity contribution in [1.82, 2.24) is 15.2 Å². The highest BCUT2D eigenvalue weighted by atomic mass is 79.9. The summed E-state index contributed by atoms with van der Waals surface area (Å²) >= 11 is 3.40. The number of rotatable bonds is 1. The van der Waals surface area contributed by atoms with Gasteiger partial charge in [0.15, 0.2) is 5.58 Å². The lowest BCUT2D eigenvalue weighted by Crippen LogP contribution is -1.87. The number of halogens is 1. The Labute approximate surface area is 98.8 Å². The van der Waals surface area contributed by atoms with Crippen LogP contribution < -0.4 is 5.73 Å². The molecular formula is C10H7BrN4O. The predicted molar refractivity (Wildman–Crippen MR) is 63.7 cm³/mol. The van der Waals surface area contributed by atoms with Gasteiger partial charge in [-0.25, -0.2) is 4.98 Å². The number of nitrogen functional groups attached to an aromatic ring is 1. The molecule has 0 radical (unpaired) electrons. The number of hydrogen-bond acceptors (Lipinski definition) is 4. The van der Waals surface area contributed by atoms with E-state index in [9.17, 15) is 0 Å². The van der Waals surface area contributed by atoms with Crippen molar-refractivity contribution >= 4 is 32.8 Å². The molecule has 16 heavy (non-hydrogen) atoms. The van der Waals surface area contributed by atoms with Gasteiger partial charge >= 0.3 is 0 Å². The smallest absolute Gasteiger partial charge is 0.232 e. The van der Waals surface area contributed by atoms with Gasteiger partial charge in [0.1, 0.15) is 11.3 Å². The zero-order chi connectivity index (χ0) is 11.1. The van der Waals surface area contributed by atoms with Crippen LogP contribution in [0.25, 0.3) is 22.6 Å². The first-order valence-electron chi connectivity index (χ1n) is 4.60. The maximum Gasteiger partial charge on any atom is 0.232 e. The molecule has 1 aromatic carbocycles. The third kappa shape index (κ3) is 1.30. The van der Waals surface area contributed by atoms with Gasteiger partial charge in [0.2, 0.25) is 5.89 Å². The minimum Gasteiger partial charge on any atom is -0.435 e. The highest BCUT2D eigenvalue weighted by Gasteiger charge is 2.13. The topological polar surface area (TPSA) is 80.7 Å². The number of aromatic nitrogens is 3. The summed E-state index contributed by atoms with van der Waals surface area (Å²) in [6.45, 7) is 0. The SMILES string of the molecule is Nc1[nH]ncc1-c1nc2cccc(Br)c2o1. The molecule has 0 spiro atoms. The molecule has 0 saturated heterocycles. The molecule has 0 aliphatic carbocycles. The molecule has 0 aliphatic rings. The summed E-state index contributed by atoms with van der Waals surface area (Å²) in [7, 11) is 0. The number of nitrogens with two attached hydrogens (primary N) is 1. The summed E-state index contributed by atoms with van der Waals surface area (Å²) < 4.78 is 6.49. The molecule has 5 nitrogen and oxygen atoms in total. The Balaban J connectivity index is 2.27. The van der Waals surface area contributed by atoms with E-state index >= 15 is 0 Å². The number of benzene rings is 1. The summed E-state index contributed by atoms with van der Waals surface area (Å²) in [6.07, 6.45) is 1.59. The molecule has 0 unspecified atom stereocenters. The Morgan fingerprint density at radius 2 is 2.25 bits per heavy atom. The second-order valence-corrected chi connectivity index (χ2v) is 4.16. The first kappa shape index (κ1) is 9.41. The van der Waals surface area contributed by atoms with Crippen molar-refractivity contribution < 1.29 is 4.42 Å². The summed E-state index contributed by atoms with van der Waals surface area (Å²) in [5, 5.41) is 6.47. The average molecular weight is 279 g/mol. The zero-order valence-electron chi connectivity index (χ0n) is 8.07. The normalized spacial score (nSPS) is 11.1. The van der Waals surface area contributed by atoms with E-state index < -0.39 is 0 Å². The van der Waals surface area contributed by atoms with Crippen LogP contribution in [0.5, 0.6) is 0 Å². The van der Waals surface area contributed by atoms with Crippen LogP contribution in [0.15, 0.2) is 33.3 Å². The minimum absolute atomic E-state index is 0.447.